The molecule has 0 aliphatic rings. The molecule has 0 saturated heterocycles. The van der Waals surface area contributed by atoms with Crippen LogP contribution in [0.15, 0.2) is 12.1 Å². The molecular weight excluding hydrogens is 234 g/mol. The van der Waals surface area contributed by atoms with E-state index in [1.807, 2.05) is 0 Å². The Balaban J connectivity index is 3.04. The van der Waals surface area contributed by atoms with Gasteiger partial charge in [0.05, 0.1) is 4.92 Å². The summed E-state index contributed by atoms with van der Waals surface area (Å²) in [6, 6.07) is 2.30. The summed E-state index contributed by atoms with van der Waals surface area (Å²) in [7, 11) is 0. The predicted octanol–water partition coefficient (Wildman–Crippen LogP) is 1.39. The molecule has 1 rings (SSSR count). The van der Waals surface area contributed by atoms with E-state index in [-0.39, 0.29) is 18.0 Å². The number of benzene rings is 1. The van der Waals surface area contributed by atoms with E-state index < -0.39 is 22.1 Å². The number of rotatable bonds is 4. The smallest absolute Gasteiger partial charge is 0.314 e. The molecule has 16 heavy (non-hydrogen) atoms. The Morgan fingerprint density at radius 2 is 2.06 bits per heavy atom. The summed E-state index contributed by atoms with van der Waals surface area (Å²) in [6.07, 6.45) is 0.321. The van der Waals surface area contributed by atoms with Gasteiger partial charge in [0.2, 0.25) is 5.75 Å². The average Bonchev–Trinajstić information content (AvgIpc) is 2.19. The summed E-state index contributed by atoms with van der Waals surface area (Å²) in [4.78, 5) is 20.3. The Kier molecular flexibility index (Phi) is 3.73. The number of nitro benzene ring substituents is 1. The fourth-order valence-corrected chi connectivity index (χ4v) is 1.31. The largest absolute Gasteiger partial charge is 0.504 e. The maximum atomic E-state index is 10.6. The molecule has 0 spiro atoms. The van der Waals surface area contributed by atoms with Crippen molar-refractivity contribution in [2.45, 2.75) is 12.8 Å². The highest BCUT2D eigenvalue weighted by atomic mass is 32.1. The van der Waals surface area contributed by atoms with Crippen LogP contribution in [-0.4, -0.2) is 20.3 Å². The normalized spacial score (nSPS) is 10.1. The zero-order valence-corrected chi connectivity index (χ0v) is 8.98. The number of aromatic hydroxyl groups is 2. The zero-order valence-electron chi connectivity index (χ0n) is 8.08. The summed E-state index contributed by atoms with van der Waals surface area (Å²) in [5.74, 6) is -1.35. The summed E-state index contributed by atoms with van der Waals surface area (Å²) in [6.45, 7) is 0. The van der Waals surface area contributed by atoms with Gasteiger partial charge in [-0.1, -0.05) is 0 Å². The van der Waals surface area contributed by atoms with E-state index in [0.29, 0.717) is 5.56 Å². The molecule has 0 aliphatic heterocycles. The number of carbonyl (C=O) groups is 1. The van der Waals surface area contributed by atoms with Crippen molar-refractivity contribution in [3.63, 3.8) is 0 Å². The maximum Gasteiger partial charge on any atom is 0.314 e. The number of nitrogens with zero attached hydrogens (tertiary/aromatic N) is 1. The van der Waals surface area contributed by atoms with E-state index in [9.17, 15) is 25.1 Å². The molecule has 0 aromatic heterocycles. The molecule has 0 aliphatic carbocycles. The molecule has 0 bridgehead atoms. The third-order valence-corrected chi connectivity index (χ3v) is 2.18. The number of carbonyl (C=O) groups excluding carboxylic acids is 1. The van der Waals surface area contributed by atoms with Gasteiger partial charge in [0.1, 0.15) is 0 Å². The first-order chi connectivity index (χ1) is 7.41. The molecule has 2 N–H and O–H groups in total. The second-order valence-electron chi connectivity index (χ2n) is 3.13. The molecule has 1 aromatic rings. The van der Waals surface area contributed by atoms with Crippen LogP contribution in [0.1, 0.15) is 12.0 Å². The summed E-state index contributed by atoms with van der Waals surface area (Å²) >= 11 is 3.56. The van der Waals surface area contributed by atoms with Gasteiger partial charge >= 0.3 is 5.69 Å². The molecule has 0 fully saturated rings. The molecule has 6 nitrogen and oxygen atoms in total. The minimum Gasteiger partial charge on any atom is -0.504 e. The Hall–Kier alpha value is -1.76. The highest BCUT2D eigenvalue weighted by Gasteiger charge is 2.18. The van der Waals surface area contributed by atoms with Crippen LogP contribution in [0.2, 0.25) is 0 Å². The third-order valence-electron chi connectivity index (χ3n) is 1.95. The van der Waals surface area contributed by atoms with Crippen molar-refractivity contribution in [3.05, 3.63) is 27.8 Å². The Morgan fingerprint density at radius 3 is 2.56 bits per heavy atom. The molecule has 0 atom stereocenters. The van der Waals surface area contributed by atoms with Crippen LogP contribution in [0, 0.1) is 10.1 Å². The van der Waals surface area contributed by atoms with E-state index in [0.717, 1.165) is 6.07 Å². The van der Waals surface area contributed by atoms with E-state index >= 15 is 0 Å². The molecular formula is C9H9NO5S. The van der Waals surface area contributed by atoms with Gasteiger partial charge in [0.25, 0.3) is 0 Å². The van der Waals surface area contributed by atoms with Crippen LogP contribution in [0.4, 0.5) is 5.69 Å². The lowest BCUT2D eigenvalue weighted by atomic mass is 10.1. The van der Waals surface area contributed by atoms with Crippen molar-refractivity contribution < 1.29 is 19.9 Å². The number of hydrogen-bond donors (Lipinski definition) is 3. The van der Waals surface area contributed by atoms with Crippen LogP contribution in [0.3, 0.4) is 0 Å². The molecule has 1 aromatic carbocycles. The van der Waals surface area contributed by atoms with Gasteiger partial charge in [0, 0.05) is 12.5 Å². The summed E-state index contributed by atoms with van der Waals surface area (Å²) < 4.78 is 0. The van der Waals surface area contributed by atoms with E-state index in [2.05, 4.69) is 12.6 Å². The minimum absolute atomic E-state index is 0.102. The Labute approximate surface area is 96.1 Å². The first-order valence-electron chi connectivity index (χ1n) is 4.33. The van der Waals surface area contributed by atoms with Gasteiger partial charge in [0.15, 0.2) is 10.9 Å². The predicted molar refractivity (Wildman–Crippen MR) is 58.7 cm³/mol. The SMILES string of the molecule is O=C(S)CCc1cc(O)c(O)c([N+](=O)[O-])c1. The number of phenols is 2. The fourth-order valence-electron chi connectivity index (χ4n) is 1.20. The van der Waals surface area contributed by atoms with Gasteiger partial charge in [-0.3, -0.25) is 14.9 Å². The second kappa shape index (κ2) is 4.84. The fraction of sp³-hybridized carbons (Fsp3) is 0.222. The molecule has 0 heterocycles. The van der Waals surface area contributed by atoms with Crippen molar-refractivity contribution in [1.82, 2.24) is 0 Å². The van der Waals surface area contributed by atoms with Crippen LogP contribution in [-0.2, 0) is 11.2 Å². The van der Waals surface area contributed by atoms with Crippen LogP contribution in [0.5, 0.6) is 11.5 Å². The first-order valence-corrected chi connectivity index (χ1v) is 4.77. The van der Waals surface area contributed by atoms with E-state index in [1.54, 1.807) is 0 Å². The highest BCUT2D eigenvalue weighted by molar-refractivity contribution is 7.96. The lowest BCUT2D eigenvalue weighted by molar-refractivity contribution is -0.386. The van der Waals surface area contributed by atoms with Crippen molar-refractivity contribution in [3.8, 4) is 11.5 Å². The highest BCUT2D eigenvalue weighted by Crippen LogP contribution is 2.36. The first kappa shape index (κ1) is 12.3. The van der Waals surface area contributed by atoms with E-state index in [4.69, 9.17) is 0 Å². The van der Waals surface area contributed by atoms with Crippen molar-refractivity contribution in [2.75, 3.05) is 0 Å². The Morgan fingerprint density at radius 1 is 1.44 bits per heavy atom. The van der Waals surface area contributed by atoms with E-state index in [1.165, 1.54) is 6.07 Å². The van der Waals surface area contributed by atoms with Crippen LogP contribution in [0.25, 0.3) is 0 Å². The number of phenolic OH excluding ortho intramolecular Hbond substituents is 2. The van der Waals surface area contributed by atoms with Gasteiger partial charge in [-0.15, -0.1) is 12.6 Å². The molecule has 0 unspecified atom stereocenters. The summed E-state index contributed by atoms with van der Waals surface area (Å²) in [5, 5.41) is 28.6. The van der Waals surface area contributed by atoms with Crippen molar-refractivity contribution in [1.29, 1.82) is 0 Å². The van der Waals surface area contributed by atoms with Gasteiger partial charge in [-0.25, -0.2) is 0 Å². The van der Waals surface area contributed by atoms with Crippen LogP contribution < -0.4 is 0 Å². The average molecular weight is 243 g/mol. The monoisotopic (exact) mass is 243 g/mol. The standard InChI is InChI=1S/C9H9NO5S/c11-7-4-5(1-2-8(12)16)3-6(9(7)13)10(14)15/h3-4,11,13H,1-2H2,(H,12,16). The molecule has 0 amide bonds. The third kappa shape index (κ3) is 2.86. The van der Waals surface area contributed by atoms with Gasteiger partial charge < -0.3 is 10.2 Å². The quantitative estimate of drug-likeness (QED) is 0.321. The van der Waals surface area contributed by atoms with Crippen LogP contribution >= 0.6 is 12.6 Å². The maximum absolute atomic E-state index is 10.6. The Bertz CT molecular complexity index is 446. The van der Waals surface area contributed by atoms with Gasteiger partial charge in [-0.05, 0) is 18.1 Å². The van der Waals surface area contributed by atoms with Crippen molar-refractivity contribution >= 4 is 23.4 Å². The van der Waals surface area contributed by atoms with Gasteiger partial charge in [-0.2, -0.15) is 0 Å². The summed E-state index contributed by atoms with van der Waals surface area (Å²) in [5.41, 5.74) is -0.189. The number of hydrogen-bond acceptors (Lipinski definition) is 5. The van der Waals surface area contributed by atoms with Crippen molar-refractivity contribution in [2.24, 2.45) is 0 Å². The topological polar surface area (TPSA) is 101 Å². The number of aryl methyl sites for hydroxylation is 1. The zero-order chi connectivity index (χ0) is 12.3. The number of nitro groups is 1. The molecule has 7 heteroatoms. The lowest BCUT2D eigenvalue weighted by Crippen LogP contribution is -1.95. The molecule has 86 valence electrons. The lowest BCUT2D eigenvalue weighted by Gasteiger charge is -2.03. The molecule has 0 radical (unpaired) electrons. The molecule has 0 saturated carbocycles. The number of thiol groups is 1. The second-order valence-corrected chi connectivity index (χ2v) is 3.63. The minimum atomic E-state index is -0.804.